The Balaban J connectivity index is 0.00000256. The van der Waals surface area contributed by atoms with Crippen LogP contribution in [0.3, 0.4) is 0 Å². The minimum atomic E-state index is -0.396. The van der Waals surface area contributed by atoms with Gasteiger partial charge in [0.25, 0.3) is 0 Å². The monoisotopic (exact) mass is 262 g/mol. The number of nitrogens with two attached hydrogens (primary N) is 1. The Morgan fingerprint density at radius 2 is 1.76 bits per heavy atom. The number of amides is 1. The van der Waals surface area contributed by atoms with E-state index in [0.717, 1.165) is 18.8 Å². The maximum atomic E-state index is 12.0. The first-order valence-electron chi connectivity index (χ1n) is 6.34. The molecule has 0 unspecified atom stereocenters. The van der Waals surface area contributed by atoms with Gasteiger partial charge in [-0.25, -0.2) is 0 Å². The molecule has 102 valence electrons. The first-order chi connectivity index (χ1) is 7.29. The van der Waals surface area contributed by atoms with Gasteiger partial charge in [0.15, 0.2) is 0 Å². The van der Waals surface area contributed by atoms with Crippen LogP contribution in [0.1, 0.15) is 52.9 Å². The van der Waals surface area contributed by atoms with E-state index in [2.05, 4.69) is 6.92 Å². The van der Waals surface area contributed by atoms with E-state index in [9.17, 15) is 4.79 Å². The van der Waals surface area contributed by atoms with Gasteiger partial charge in [0.1, 0.15) is 0 Å². The summed E-state index contributed by atoms with van der Waals surface area (Å²) >= 11 is 0. The second-order valence-electron chi connectivity index (χ2n) is 6.08. The Morgan fingerprint density at radius 3 is 2.18 bits per heavy atom. The van der Waals surface area contributed by atoms with Gasteiger partial charge in [0.2, 0.25) is 5.91 Å². The van der Waals surface area contributed by atoms with Gasteiger partial charge in [-0.3, -0.25) is 4.79 Å². The second kappa shape index (κ2) is 6.60. The maximum absolute atomic E-state index is 12.0. The molecule has 0 heterocycles. The molecular weight excluding hydrogens is 236 g/mol. The molecule has 0 spiro atoms. The number of hydrogen-bond acceptors (Lipinski definition) is 2. The first kappa shape index (κ1) is 16.7. The molecule has 1 saturated carbocycles. The molecular formula is C13H27ClN2O. The molecule has 0 aromatic rings. The Bertz CT molecular complexity index is 242. The van der Waals surface area contributed by atoms with Crippen molar-refractivity contribution in [2.75, 3.05) is 7.05 Å². The van der Waals surface area contributed by atoms with E-state index >= 15 is 0 Å². The lowest BCUT2D eigenvalue weighted by molar-refractivity contribution is -0.133. The first-order valence-corrected chi connectivity index (χ1v) is 6.34. The van der Waals surface area contributed by atoms with Crippen molar-refractivity contribution >= 4 is 18.3 Å². The highest BCUT2D eigenvalue weighted by Crippen LogP contribution is 2.27. The molecule has 17 heavy (non-hydrogen) atoms. The van der Waals surface area contributed by atoms with Gasteiger partial charge in [-0.1, -0.05) is 6.92 Å². The summed E-state index contributed by atoms with van der Waals surface area (Å²) in [6, 6.07) is 0.436. The average molecular weight is 263 g/mol. The number of halogens is 1. The molecule has 0 aromatic heterocycles. The SMILES string of the molecule is CC1CCC(N(C)C(=O)CC(C)(C)N)CC1.Cl. The highest BCUT2D eigenvalue weighted by atomic mass is 35.5. The molecule has 2 N–H and O–H groups in total. The van der Waals surface area contributed by atoms with Crippen LogP contribution in [0.4, 0.5) is 0 Å². The lowest BCUT2D eigenvalue weighted by Gasteiger charge is -2.35. The largest absolute Gasteiger partial charge is 0.343 e. The predicted molar refractivity (Wildman–Crippen MR) is 74.3 cm³/mol. The van der Waals surface area contributed by atoms with Crippen molar-refractivity contribution in [3.8, 4) is 0 Å². The molecule has 0 aromatic carbocycles. The highest BCUT2D eigenvalue weighted by molar-refractivity contribution is 5.85. The number of carbonyl (C=O) groups excluding carboxylic acids is 1. The Kier molecular flexibility index (Phi) is 6.49. The topological polar surface area (TPSA) is 46.3 Å². The number of carbonyl (C=O) groups is 1. The molecule has 0 radical (unpaired) electrons. The van der Waals surface area contributed by atoms with Gasteiger partial charge in [0, 0.05) is 25.0 Å². The molecule has 1 fully saturated rings. The maximum Gasteiger partial charge on any atom is 0.224 e. The predicted octanol–water partition coefficient (Wildman–Crippen LogP) is 2.57. The number of hydrogen-bond donors (Lipinski definition) is 1. The van der Waals surface area contributed by atoms with E-state index in [0.29, 0.717) is 12.5 Å². The van der Waals surface area contributed by atoms with Crippen molar-refractivity contribution in [3.05, 3.63) is 0 Å². The van der Waals surface area contributed by atoms with E-state index in [1.165, 1.54) is 12.8 Å². The van der Waals surface area contributed by atoms with E-state index in [-0.39, 0.29) is 18.3 Å². The van der Waals surface area contributed by atoms with Crippen LogP contribution in [0.25, 0.3) is 0 Å². The van der Waals surface area contributed by atoms with Crippen molar-refractivity contribution in [1.82, 2.24) is 4.90 Å². The standard InChI is InChI=1S/C13H26N2O.ClH/c1-10-5-7-11(8-6-10)15(4)12(16)9-13(2,3)14;/h10-11H,5-9,14H2,1-4H3;1H. The summed E-state index contributed by atoms with van der Waals surface area (Å²) in [5.74, 6) is 1.01. The van der Waals surface area contributed by atoms with Crippen molar-refractivity contribution in [2.45, 2.75) is 64.5 Å². The zero-order valence-electron chi connectivity index (χ0n) is 11.5. The summed E-state index contributed by atoms with van der Waals surface area (Å²) in [7, 11) is 1.93. The summed E-state index contributed by atoms with van der Waals surface area (Å²) in [6.07, 6.45) is 5.22. The molecule has 1 aliphatic carbocycles. The molecule has 0 bridgehead atoms. The van der Waals surface area contributed by atoms with Crippen molar-refractivity contribution < 1.29 is 4.79 Å². The highest BCUT2D eigenvalue weighted by Gasteiger charge is 2.27. The molecule has 4 heteroatoms. The average Bonchev–Trinajstić information content (AvgIpc) is 2.15. The number of nitrogens with zero attached hydrogens (tertiary/aromatic N) is 1. The molecule has 0 aliphatic heterocycles. The molecule has 3 nitrogen and oxygen atoms in total. The quantitative estimate of drug-likeness (QED) is 0.850. The minimum absolute atomic E-state index is 0. The zero-order valence-corrected chi connectivity index (χ0v) is 12.3. The van der Waals surface area contributed by atoms with Crippen LogP contribution in [0.15, 0.2) is 0 Å². The van der Waals surface area contributed by atoms with Gasteiger partial charge in [-0.15, -0.1) is 12.4 Å². The lowest BCUT2D eigenvalue weighted by atomic mass is 9.86. The van der Waals surface area contributed by atoms with Gasteiger partial charge in [-0.05, 0) is 45.4 Å². The van der Waals surface area contributed by atoms with Crippen LogP contribution in [-0.2, 0) is 4.79 Å². The van der Waals surface area contributed by atoms with E-state index in [4.69, 9.17) is 5.73 Å². The third-order valence-electron chi connectivity index (χ3n) is 3.53. The third-order valence-corrected chi connectivity index (χ3v) is 3.53. The van der Waals surface area contributed by atoms with Gasteiger partial charge in [0.05, 0.1) is 0 Å². The van der Waals surface area contributed by atoms with Crippen molar-refractivity contribution in [3.63, 3.8) is 0 Å². The van der Waals surface area contributed by atoms with E-state index in [1.807, 2.05) is 25.8 Å². The Hall–Kier alpha value is -0.280. The van der Waals surface area contributed by atoms with Crippen molar-refractivity contribution in [1.29, 1.82) is 0 Å². The van der Waals surface area contributed by atoms with Gasteiger partial charge < -0.3 is 10.6 Å². The van der Waals surface area contributed by atoms with Crippen LogP contribution in [0.2, 0.25) is 0 Å². The number of rotatable bonds is 3. The van der Waals surface area contributed by atoms with Crippen LogP contribution in [0, 0.1) is 5.92 Å². The summed E-state index contributed by atoms with van der Waals surface area (Å²) in [4.78, 5) is 13.9. The van der Waals surface area contributed by atoms with Crippen LogP contribution < -0.4 is 5.73 Å². The smallest absolute Gasteiger partial charge is 0.224 e. The molecule has 1 amide bonds. The summed E-state index contributed by atoms with van der Waals surface area (Å²) in [6.45, 7) is 6.10. The van der Waals surface area contributed by atoms with E-state index < -0.39 is 5.54 Å². The van der Waals surface area contributed by atoms with Crippen molar-refractivity contribution in [2.24, 2.45) is 11.7 Å². The molecule has 1 aliphatic rings. The second-order valence-corrected chi connectivity index (χ2v) is 6.08. The van der Waals surface area contributed by atoms with Crippen LogP contribution >= 0.6 is 12.4 Å². The van der Waals surface area contributed by atoms with Crippen LogP contribution in [-0.4, -0.2) is 29.4 Å². The van der Waals surface area contributed by atoms with Gasteiger partial charge in [-0.2, -0.15) is 0 Å². The molecule has 0 saturated heterocycles. The lowest BCUT2D eigenvalue weighted by Crippen LogP contribution is -2.44. The third kappa shape index (κ3) is 5.73. The van der Waals surface area contributed by atoms with E-state index in [1.54, 1.807) is 0 Å². The zero-order chi connectivity index (χ0) is 12.3. The fourth-order valence-corrected chi connectivity index (χ4v) is 2.35. The molecule has 0 atom stereocenters. The Labute approximate surface area is 112 Å². The normalized spacial score (nSPS) is 25.0. The molecule has 1 rings (SSSR count). The fourth-order valence-electron chi connectivity index (χ4n) is 2.35. The minimum Gasteiger partial charge on any atom is -0.343 e. The fraction of sp³-hybridized carbons (Fsp3) is 0.923. The summed E-state index contributed by atoms with van der Waals surface area (Å²) < 4.78 is 0. The van der Waals surface area contributed by atoms with Gasteiger partial charge >= 0.3 is 0 Å². The Morgan fingerprint density at radius 1 is 1.29 bits per heavy atom. The summed E-state index contributed by atoms with van der Waals surface area (Å²) in [5.41, 5.74) is 5.48. The summed E-state index contributed by atoms with van der Waals surface area (Å²) in [5, 5.41) is 0. The van der Waals surface area contributed by atoms with Crippen LogP contribution in [0.5, 0.6) is 0 Å².